The minimum absolute atomic E-state index is 0.00717. The number of carbonyl (C=O) groups excluding carboxylic acids is 1. The molecule has 1 N–H and O–H groups in total. The van der Waals surface area contributed by atoms with Gasteiger partial charge in [0.05, 0.1) is 4.92 Å². The first kappa shape index (κ1) is 18.8. The maximum absolute atomic E-state index is 12.4. The van der Waals surface area contributed by atoms with Crippen LogP contribution in [0.1, 0.15) is 6.42 Å². The summed E-state index contributed by atoms with van der Waals surface area (Å²) in [5.41, 5.74) is 0.245. The molecule has 27 heavy (non-hydrogen) atoms. The number of anilines is 2. The molecule has 0 saturated carbocycles. The van der Waals surface area contributed by atoms with Gasteiger partial charge >= 0.3 is 0 Å². The SMILES string of the molecule is O=C(CCNc1ccc(Cl)cc1[N+](=O)[O-])N1CCN(c2ncccn2)CC1. The van der Waals surface area contributed by atoms with Crippen molar-refractivity contribution in [2.75, 3.05) is 42.9 Å². The zero-order valence-electron chi connectivity index (χ0n) is 14.5. The maximum Gasteiger partial charge on any atom is 0.293 e. The van der Waals surface area contributed by atoms with Crippen LogP contribution in [0, 0.1) is 10.1 Å². The number of hydrogen-bond acceptors (Lipinski definition) is 7. The lowest BCUT2D eigenvalue weighted by atomic mass is 10.2. The smallest absolute Gasteiger partial charge is 0.293 e. The molecule has 10 heteroatoms. The van der Waals surface area contributed by atoms with Crippen LogP contribution in [0.3, 0.4) is 0 Å². The van der Waals surface area contributed by atoms with Crippen molar-refractivity contribution in [1.29, 1.82) is 0 Å². The topological polar surface area (TPSA) is 104 Å². The highest BCUT2D eigenvalue weighted by molar-refractivity contribution is 6.30. The Kier molecular flexibility index (Phi) is 6.02. The lowest BCUT2D eigenvalue weighted by Crippen LogP contribution is -2.49. The number of nitrogens with one attached hydrogen (secondary N) is 1. The second-order valence-corrected chi connectivity index (χ2v) is 6.45. The van der Waals surface area contributed by atoms with Gasteiger partial charge in [-0.2, -0.15) is 0 Å². The van der Waals surface area contributed by atoms with Gasteiger partial charge in [0.15, 0.2) is 0 Å². The molecule has 0 unspecified atom stereocenters. The number of carbonyl (C=O) groups is 1. The number of piperazine rings is 1. The van der Waals surface area contributed by atoms with Crippen LogP contribution < -0.4 is 10.2 Å². The molecule has 1 aliphatic rings. The first-order valence-corrected chi connectivity index (χ1v) is 8.90. The number of benzene rings is 1. The average Bonchev–Trinajstić information content (AvgIpc) is 2.69. The zero-order valence-corrected chi connectivity index (χ0v) is 15.3. The van der Waals surface area contributed by atoms with Crippen LogP contribution in [-0.2, 0) is 4.79 Å². The third-order valence-electron chi connectivity index (χ3n) is 4.28. The lowest BCUT2D eigenvalue weighted by Gasteiger charge is -2.34. The van der Waals surface area contributed by atoms with E-state index in [1.165, 1.54) is 6.07 Å². The Morgan fingerprint density at radius 3 is 2.59 bits per heavy atom. The van der Waals surface area contributed by atoms with Gasteiger partial charge in [0, 0.05) is 62.6 Å². The summed E-state index contributed by atoms with van der Waals surface area (Å²) in [6, 6.07) is 6.17. The summed E-state index contributed by atoms with van der Waals surface area (Å²) in [4.78, 5) is 35.2. The van der Waals surface area contributed by atoms with Crippen molar-refractivity contribution in [3.63, 3.8) is 0 Å². The van der Waals surface area contributed by atoms with Crippen LogP contribution in [0.4, 0.5) is 17.3 Å². The molecule has 2 heterocycles. The number of hydrogen-bond donors (Lipinski definition) is 1. The summed E-state index contributed by atoms with van der Waals surface area (Å²) in [5, 5.41) is 14.3. The largest absolute Gasteiger partial charge is 0.379 e. The Labute approximate surface area is 161 Å². The minimum atomic E-state index is -0.499. The molecule has 0 radical (unpaired) electrons. The number of nitro groups is 1. The molecule has 2 aromatic rings. The predicted molar refractivity (Wildman–Crippen MR) is 102 cm³/mol. The van der Waals surface area contributed by atoms with Crippen LogP contribution in [0.25, 0.3) is 0 Å². The van der Waals surface area contributed by atoms with Crippen LogP contribution in [0.5, 0.6) is 0 Å². The fraction of sp³-hybridized carbons (Fsp3) is 0.353. The number of nitrogens with zero attached hydrogens (tertiary/aromatic N) is 5. The molecule has 142 valence electrons. The summed E-state index contributed by atoms with van der Waals surface area (Å²) in [6.45, 7) is 2.84. The van der Waals surface area contributed by atoms with E-state index in [-0.39, 0.29) is 18.0 Å². The fourth-order valence-electron chi connectivity index (χ4n) is 2.88. The molecule has 9 nitrogen and oxygen atoms in total. The van der Waals surface area contributed by atoms with Gasteiger partial charge in [-0.15, -0.1) is 0 Å². The van der Waals surface area contributed by atoms with E-state index in [4.69, 9.17) is 11.6 Å². The molecule has 1 aliphatic heterocycles. The Morgan fingerprint density at radius 1 is 1.22 bits per heavy atom. The average molecular weight is 391 g/mol. The summed E-state index contributed by atoms with van der Waals surface area (Å²) >= 11 is 5.80. The number of amides is 1. The Bertz CT molecular complexity index is 812. The highest BCUT2D eigenvalue weighted by atomic mass is 35.5. The molecular formula is C17H19ClN6O3. The van der Waals surface area contributed by atoms with Crippen molar-refractivity contribution in [2.24, 2.45) is 0 Å². The number of aromatic nitrogens is 2. The molecule has 0 spiro atoms. The van der Waals surface area contributed by atoms with Crippen molar-refractivity contribution in [2.45, 2.75) is 6.42 Å². The lowest BCUT2D eigenvalue weighted by molar-refractivity contribution is -0.383. The van der Waals surface area contributed by atoms with Crippen LogP contribution in [0.15, 0.2) is 36.7 Å². The van der Waals surface area contributed by atoms with Crippen LogP contribution in [0.2, 0.25) is 5.02 Å². The maximum atomic E-state index is 12.4. The molecule has 0 atom stereocenters. The highest BCUT2D eigenvalue weighted by Crippen LogP contribution is 2.27. The van der Waals surface area contributed by atoms with Gasteiger partial charge in [-0.05, 0) is 18.2 Å². The third kappa shape index (κ3) is 4.82. The molecule has 3 rings (SSSR count). The molecular weight excluding hydrogens is 372 g/mol. The van der Waals surface area contributed by atoms with Crippen LogP contribution in [-0.4, -0.2) is 58.4 Å². The normalized spacial score (nSPS) is 14.1. The standard InChI is InChI=1S/C17H19ClN6O3/c18-13-2-3-14(15(12-13)24(26)27)19-7-4-16(25)22-8-10-23(11-9-22)17-20-5-1-6-21-17/h1-3,5-6,12,19H,4,7-11H2. The zero-order chi connectivity index (χ0) is 19.2. The summed E-state index contributed by atoms with van der Waals surface area (Å²) in [5.74, 6) is 0.675. The van der Waals surface area contributed by atoms with Crippen molar-refractivity contribution in [3.8, 4) is 0 Å². The monoisotopic (exact) mass is 390 g/mol. The molecule has 1 amide bonds. The number of nitro benzene ring substituents is 1. The van der Waals surface area contributed by atoms with Gasteiger partial charge in [-0.25, -0.2) is 9.97 Å². The number of rotatable bonds is 6. The summed E-state index contributed by atoms with van der Waals surface area (Å²) in [7, 11) is 0. The molecule has 1 aromatic heterocycles. The fourth-order valence-corrected chi connectivity index (χ4v) is 3.04. The molecule has 1 fully saturated rings. The Hall–Kier alpha value is -2.94. The Morgan fingerprint density at radius 2 is 1.93 bits per heavy atom. The van der Waals surface area contributed by atoms with Crippen molar-refractivity contribution in [3.05, 3.63) is 51.8 Å². The van der Waals surface area contributed by atoms with E-state index in [0.717, 1.165) is 0 Å². The quantitative estimate of drug-likeness (QED) is 0.595. The first-order valence-electron chi connectivity index (χ1n) is 8.52. The van der Waals surface area contributed by atoms with Crippen molar-refractivity contribution < 1.29 is 9.72 Å². The van der Waals surface area contributed by atoms with Gasteiger partial charge in [-0.1, -0.05) is 11.6 Å². The van der Waals surface area contributed by atoms with E-state index in [1.54, 1.807) is 35.5 Å². The molecule has 0 bridgehead atoms. The van der Waals surface area contributed by atoms with Gasteiger partial charge in [0.2, 0.25) is 11.9 Å². The van der Waals surface area contributed by atoms with Crippen molar-refractivity contribution in [1.82, 2.24) is 14.9 Å². The van der Waals surface area contributed by atoms with E-state index in [9.17, 15) is 14.9 Å². The van der Waals surface area contributed by atoms with E-state index in [0.29, 0.717) is 49.4 Å². The number of halogens is 1. The highest BCUT2D eigenvalue weighted by Gasteiger charge is 2.22. The minimum Gasteiger partial charge on any atom is -0.379 e. The van der Waals surface area contributed by atoms with Crippen molar-refractivity contribution >= 4 is 34.8 Å². The van der Waals surface area contributed by atoms with Gasteiger partial charge in [0.25, 0.3) is 5.69 Å². The summed E-state index contributed by atoms with van der Waals surface area (Å²) < 4.78 is 0. The van der Waals surface area contributed by atoms with Crippen LogP contribution >= 0.6 is 11.6 Å². The molecule has 0 aliphatic carbocycles. The van der Waals surface area contributed by atoms with E-state index in [2.05, 4.69) is 15.3 Å². The second-order valence-electron chi connectivity index (χ2n) is 6.01. The van der Waals surface area contributed by atoms with Gasteiger partial charge < -0.3 is 15.1 Å². The van der Waals surface area contributed by atoms with Gasteiger partial charge in [-0.3, -0.25) is 14.9 Å². The van der Waals surface area contributed by atoms with E-state index in [1.807, 2.05) is 4.90 Å². The molecule has 1 aromatic carbocycles. The Balaban J connectivity index is 1.48. The van der Waals surface area contributed by atoms with Gasteiger partial charge in [0.1, 0.15) is 5.69 Å². The summed E-state index contributed by atoms with van der Waals surface area (Å²) in [6.07, 6.45) is 3.64. The van der Waals surface area contributed by atoms with E-state index < -0.39 is 4.92 Å². The second kappa shape index (κ2) is 8.63. The molecule has 1 saturated heterocycles. The first-order chi connectivity index (χ1) is 13.0. The van der Waals surface area contributed by atoms with E-state index >= 15 is 0 Å². The predicted octanol–water partition coefficient (Wildman–Crippen LogP) is 2.19. The third-order valence-corrected chi connectivity index (χ3v) is 4.51.